The zero-order valence-corrected chi connectivity index (χ0v) is 10.9. The molecule has 7 heteroatoms. The van der Waals surface area contributed by atoms with Crippen LogP contribution in [0.4, 0.5) is 10.1 Å². The molecule has 1 atom stereocenters. The summed E-state index contributed by atoms with van der Waals surface area (Å²) in [5.74, 6) is -1.29. The Bertz CT molecular complexity index is 516. The van der Waals surface area contributed by atoms with Crippen molar-refractivity contribution >= 4 is 11.6 Å². The van der Waals surface area contributed by atoms with Gasteiger partial charge in [0.05, 0.1) is 11.0 Å². The predicted octanol–water partition coefficient (Wildman–Crippen LogP) is 1.61. The van der Waals surface area contributed by atoms with Crippen molar-refractivity contribution in [2.75, 3.05) is 13.1 Å². The lowest BCUT2D eigenvalue weighted by Gasteiger charge is -2.23. The Labute approximate surface area is 115 Å². The molecule has 1 aliphatic rings. The minimum absolute atomic E-state index is 0.118. The number of carbonyl (C=O) groups excluding carboxylic acids is 1. The first-order chi connectivity index (χ1) is 9.58. The fourth-order valence-corrected chi connectivity index (χ4v) is 2.26. The number of carbonyl (C=O) groups is 1. The van der Waals surface area contributed by atoms with E-state index in [0.717, 1.165) is 44.0 Å². The van der Waals surface area contributed by atoms with Gasteiger partial charge < -0.3 is 10.6 Å². The van der Waals surface area contributed by atoms with Crippen LogP contribution in [0.2, 0.25) is 0 Å². The highest BCUT2D eigenvalue weighted by Gasteiger charge is 2.22. The summed E-state index contributed by atoms with van der Waals surface area (Å²) in [5.41, 5.74) is -0.633. The molecule has 6 nitrogen and oxygen atoms in total. The maximum Gasteiger partial charge on any atom is 0.285 e. The van der Waals surface area contributed by atoms with Gasteiger partial charge in [-0.15, -0.1) is 0 Å². The minimum Gasteiger partial charge on any atom is -0.350 e. The summed E-state index contributed by atoms with van der Waals surface area (Å²) in [6, 6.07) is 3.12. The Balaban J connectivity index is 2.03. The molecule has 0 radical (unpaired) electrons. The van der Waals surface area contributed by atoms with Crippen LogP contribution in [-0.2, 0) is 0 Å². The van der Waals surface area contributed by atoms with Gasteiger partial charge in [0.1, 0.15) is 11.4 Å². The summed E-state index contributed by atoms with van der Waals surface area (Å²) >= 11 is 0. The summed E-state index contributed by atoms with van der Waals surface area (Å²) < 4.78 is 13.0. The number of benzene rings is 1. The lowest BCUT2D eigenvalue weighted by Crippen LogP contribution is -2.43. The zero-order chi connectivity index (χ0) is 14.5. The van der Waals surface area contributed by atoms with Gasteiger partial charge in [0.2, 0.25) is 0 Å². The normalized spacial score (nSPS) is 18.6. The van der Waals surface area contributed by atoms with Crippen LogP contribution in [-0.4, -0.2) is 30.0 Å². The van der Waals surface area contributed by atoms with Crippen molar-refractivity contribution < 1.29 is 14.1 Å². The third-order valence-electron chi connectivity index (χ3n) is 3.32. The Morgan fingerprint density at radius 1 is 1.50 bits per heavy atom. The van der Waals surface area contributed by atoms with Gasteiger partial charge in [-0.3, -0.25) is 14.9 Å². The molecular formula is C13H16FN3O3. The topological polar surface area (TPSA) is 84.3 Å². The molecule has 1 aromatic rings. The lowest BCUT2D eigenvalue weighted by molar-refractivity contribution is -0.385. The maximum atomic E-state index is 13.0. The van der Waals surface area contributed by atoms with Crippen molar-refractivity contribution in [3.63, 3.8) is 0 Å². The average molecular weight is 281 g/mol. The number of hydrogen-bond acceptors (Lipinski definition) is 4. The van der Waals surface area contributed by atoms with Gasteiger partial charge in [-0.1, -0.05) is 6.42 Å². The number of nitro benzene ring substituents is 1. The monoisotopic (exact) mass is 281 g/mol. The molecule has 2 N–H and O–H groups in total. The molecule has 0 aromatic heterocycles. The van der Waals surface area contributed by atoms with Crippen molar-refractivity contribution in [1.29, 1.82) is 0 Å². The van der Waals surface area contributed by atoms with Crippen LogP contribution in [0.1, 0.15) is 29.6 Å². The molecule has 1 aliphatic heterocycles. The highest BCUT2D eigenvalue weighted by Crippen LogP contribution is 2.19. The zero-order valence-electron chi connectivity index (χ0n) is 10.9. The van der Waals surface area contributed by atoms with Gasteiger partial charge >= 0.3 is 0 Å². The van der Waals surface area contributed by atoms with Gasteiger partial charge in [0, 0.05) is 12.6 Å². The van der Waals surface area contributed by atoms with E-state index in [1.807, 2.05) is 0 Å². The number of amides is 1. The number of nitrogens with one attached hydrogen (secondary N) is 2. The molecule has 1 fully saturated rings. The van der Waals surface area contributed by atoms with Crippen LogP contribution in [0.15, 0.2) is 18.2 Å². The molecule has 0 aliphatic carbocycles. The molecular weight excluding hydrogens is 265 g/mol. The fourth-order valence-electron chi connectivity index (χ4n) is 2.26. The van der Waals surface area contributed by atoms with Gasteiger partial charge in [-0.05, 0) is 31.5 Å². The van der Waals surface area contributed by atoms with E-state index in [4.69, 9.17) is 0 Å². The number of rotatable bonds is 4. The van der Waals surface area contributed by atoms with Crippen molar-refractivity contribution in [3.05, 3.63) is 39.7 Å². The van der Waals surface area contributed by atoms with Gasteiger partial charge in [-0.2, -0.15) is 0 Å². The second-order valence-corrected chi connectivity index (χ2v) is 4.78. The average Bonchev–Trinajstić information content (AvgIpc) is 2.45. The van der Waals surface area contributed by atoms with Crippen LogP contribution in [0.5, 0.6) is 0 Å². The molecule has 1 heterocycles. The molecule has 2 rings (SSSR count). The number of nitro groups is 1. The summed E-state index contributed by atoms with van der Waals surface area (Å²) in [7, 11) is 0. The number of nitrogens with zero attached hydrogens (tertiary/aromatic N) is 1. The van der Waals surface area contributed by atoms with Gasteiger partial charge in [-0.25, -0.2) is 4.39 Å². The first-order valence-corrected chi connectivity index (χ1v) is 6.53. The number of halogens is 1. The first kappa shape index (κ1) is 14.4. The van der Waals surface area contributed by atoms with E-state index >= 15 is 0 Å². The molecule has 108 valence electrons. The van der Waals surface area contributed by atoms with E-state index in [2.05, 4.69) is 10.6 Å². The SMILES string of the molecule is O=C(NCC1CCCCN1)c1ccc(F)cc1[N+](=O)[O-]. The lowest BCUT2D eigenvalue weighted by atomic mass is 10.0. The molecule has 1 saturated heterocycles. The van der Waals surface area contributed by atoms with E-state index in [9.17, 15) is 19.3 Å². The van der Waals surface area contributed by atoms with Crippen molar-refractivity contribution in [1.82, 2.24) is 10.6 Å². The Hall–Kier alpha value is -2.02. The summed E-state index contributed by atoms with van der Waals surface area (Å²) in [6.07, 6.45) is 3.18. The van der Waals surface area contributed by atoms with Gasteiger partial charge in [0.25, 0.3) is 11.6 Å². The van der Waals surface area contributed by atoms with Crippen molar-refractivity contribution in [2.45, 2.75) is 25.3 Å². The summed E-state index contributed by atoms with van der Waals surface area (Å²) in [4.78, 5) is 22.0. The first-order valence-electron chi connectivity index (χ1n) is 6.53. The van der Waals surface area contributed by atoms with Crippen LogP contribution >= 0.6 is 0 Å². The third kappa shape index (κ3) is 3.51. The Morgan fingerprint density at radius 3 is 2.95 bits per heavy atom. The van der Waals surface area contributed by atoms with Crippen LogP contribution in [0.3, 0.4) is 0 Å². The minimum atomic E-state index is -0.753. The van der Waals surface area contributed by atoms with E-state index in [1.54, 1.807) is 0 Å². The molecule has 20 heavy (non-hydrogen) atoms. The highest BCUT2D eigenvalue weighted by atomic mass is 19.1. The smallest absolute Gasteiger partial charge is 0.285 e. The molecule has 0 spiro atoms. The summed E-state index contributed by atoms with van der Waals surface area (Å²) in [5, 5.41) is 16.7. The van der Waals surface area contributed by atoms with Crippen LogP contribution in [0.25, 0.3) is 0 Å². The largest absolute Gasteiger partial charge is 0.350 e. The van der Waals surface area contributed by atoms with E-state index in [0.29, 0.717) is 6.54 Å². The fraction of sp³-hybridized carbons (Fsp3) is 0.462. The van der Waals surface area contributed by atoms with Crippen molar-refractivity contribution in [3.8, 4) is 0 Å². The third-order valence-corrected chi connectivity index (χ3v) is 3.32. The van der Waals surface area contributed by atoms with Crippen molar-refractivity contribution in [2.24, 2.45) is 0 Å². The Morgan fingerprint density at radius 2 is 2.30 bits per heavy atom. The molecule has 1 amide bonds. The molecule has 1 unspecified atom stereocenters. The van der Waals surface area contributed by atoms with E-state index in [-0.39, 0.29) is 11.6 Å². The second-order valence-electron chi connectivity index (χ2n) is 4.78. The second kappa shape index (κ2) is 6.42. The van der Waals surface area contributed by atoms with Crippen LogP contribution in [0, 0.1) is 15.9 Å². The summed E-state index contributed by atoms with van der Waals surface area (Å²) in [6.45, 7) is 1.32. The van der Waals surface area contributed by atoms with Gasteiger partial charge in [0.15, 0.2) is 0 Å². The Kier molecular flexibility index (Phi) is 4.62. The molecule has 0 bridgehead atoms. The molecule has 0 saturated carbocycles. The molecule has 1 aromatic carbocycles. The number of hydrogen-bond donors (Lipinski definition) is 2. The highest BCUT2D eigenvalue weighted by molar-refractivity contribution is 5.98. The standard InChI is InChI=1S/C13H16FN3O3/c14-9-4-5-11(12(7-9)17(19)20)13(18)16-8-10-3-1-2-6-15-10/h4-5,7,10,15H,1-3,6,8H2,(H,16,18). The quantitative estimate of drug-likeness (QED) is 0.648. The predicted molar refractivity (Wildman–Crippen MR) is 71.0 cm³/mol. The van der Waals surface area contributed by atoms with E-state index in [1.165, 1.54) is 0 Å². The van der Waals surface area contributed by atoms with E-state index < -0.39 is 22.3 Å². The van der Waals surface area contributed by atoms with Crippen LogP contribution < -0.4 is 10.6 Å². The maximum absolute atomic E-state index is 13.0. The number of piperidine rings is 1.